The Bertz CT molecular complexity index is 995. The van der Waals surface area contributed by atoms with Crippen LogP contribution in [0.5, 0.6) is 11.5 Å². The highest BCUT2D eigenvalue weighted by Gasteiger charge is 2.14. The number of terminal acetylenes is 1. The first-order valence-electron chi connectivity index (χ1n) is 9.61. The number of carbonyl (C=O) groups excluding carboxylic acids is 1. The SMILES string of the molecule is C#CCNS(=O)(=O)c1ccc(C(=O)NCCc2ccc(OCC)c(OCC)c2)cc1. The maximum absolute atomic E-state index is 12.3. The van der Waals surface area contributed by atoms with Gasteiger partial charge in [-0.1, -0.05) is 12.0 Å². The molecule has 2 rings (SSSR count). The van der Waals surface area contributed by atoms with Gasteiger partial charge in [-0.3, -0.25) is 4.79 Å². The first-order valence-corrected chi connectivity index (χ1v) is 11.1. The lowest BCUT2D eigenvalue weighted by Gasteiger charge is -2.12. The zero-order valence-corrected chi connectivity index (χ0v) is 17.9. The summed E-state index contributed by atoms with van der Waals surface area (Å²) < 4.78 is 37.5. The van der Waals surface area contributed by atoms with Crippen LogP contribution in [0, 0.1) is 12.3 Å². The standard InChI is InChI=1S/C22H26N2O5S/c1-4-14-24-30(26,27)19-10-8-18(9-11-19)22(25)23-15-13-17-7-12-20(28-5-2)21(16-17)29-6-3/h1,7-12,16,24H,5-6,13-15H2,2-3H3,(H,23,25). The molecule has 0 spiro atoms. The molecule has 160 valence electrons. The fraction of sp³-hybridized carbons (Fsp3) is 0.318. The van der Waals surface area contributed by atoms with Crippen LogP contribution in [0.2, 0.25) is 0 Å². The molecule has 30 heavy (non-hydrogen) atoms. The van der Waals surface area contributed by atoms with E-state index in [4.69, 9.17) is 15.9 Å². The van der Waals surface area contributed by atoms with E-state index in [2.05, 4.69) is 16.0 Å². The predicted octanol–water partition coefficient (Wildman–Crippen LogP) is 2.37. The molecule has 2 aromatic rings. The highest BCUT2D eigenvalue weighted by Crippen LogP contribution is 2.28. The summed E-state index contributed by atoms with van der Waals surface area (Å²) in [6, 6.07) is 11.4. The van der Waals surface area contributed by atoms with Gasteiger partial charge in [-0.2, -0.15) is 4.72 Å². The topological polar surface area (TPSA) is 93.7 Å². The van der Waals surface area contributed by atoms with Crippen molar-refractivity contribution in [2.24, 2.45) is 0 Å². The molecule has 8 heteroatoms. The minimum atomic E-state index is -3.68. The minimum Gasteiger partial charge on any atom is -0.490 e. The van der Waals surface area contributed by atoms with E-state index in [-0.39, 0.29) is 17.3 Å². The molecule has 0 aromatic heterocycles. The van der Waals surface area contributed by atoms with Gasteiger partial charge in [-0.05, 0) is 62.2 Å². The predicted molar refractivity (Wildman–Crippen MR) is 115 cm³/mol. The van der Waals surface area contributed by atoms with Crippen LogP contribution in [0.25, 0.3) is 0 Å². The lowest BCUT2D eigenvalue weighted by atomic mass is 10.1. The van der Waals surface area contributed by atoms with Crippen molar-refractivity contribution < 1.29 is 22.7 Å². The molecule has 0 fully saturated rings. The first kappa shape index (κ1) is 23.3. The molecule has 0 heterocycles. The summed E-state index contributed by atoms with van der Waals surface area (Å²) in [7, 11) is -3.68. The summed E-state index contributed by atoms with van der Waals surface area (Å²) in [6.45, 7) is 5.22. The Morgan fingerprint density at radius 3 is 2.33 bits per heavy atom. The molecule has 0 atom stereocenters. The number of hydrogen-bond donors (Lipinski definition) is 2. The van der Waals surface area contributed by atoms with Crippen molar-refractivity contribution in [1.29, 1.82) is 0 Å². The molecule has 0 aliphatic heterocycles. The molecule has 7 nitrogen and oxygen atoms in total. The van der Waals surface area contributed by atoms with Crippen molar-refractivity contribution in [1.82, 2.24) is 10.0 Å². The summed E-state index contributed by atoms with van der Waals surface area (Å²) in [6.07, 6.45) is 5.68. The van der Waals surface area contributed by atoms with Gasteiger partial charge in [0, 0.05) is 12.1 Å². The number of amides is 1. The van der Waals surface area contributed by atoms with Crippen molar-refractivity contribution in [2.45, 2.75) is 25.2 Å². The zero-order chi connectivity index (χ0) is 22.0. The second-order valence-corrected chi connectivity index (χ2v) is 7.97. The fourth-order valence-corrected chi connectivity index (χ4v) is 3.61. The minimum absolute atomic E-state index is 0.0483. The third-order valence-corrected chi connectivity index (χ3v) is 5.52. The molecular formula is C22H26N2O5S. The summed E-state index contributed by atoms with van der Waals surface area (Å²) in [4.78, 5) is 12.4. The van der Waals surface area contributed by atoms with Gasteiger partial charge in [0.2, 0.25) is 10.0 Å². The average molecular weight is 431 g/mol. The Balaban J connectivity index is 1.95. The number of ether oxygens (including phenoxy) is 2. The van der Waals surface area contributed by atoms with Crippen molar-refractivity contribution in [3.05, 3.63) is 53.6 Å². The zero-order valence-electron chi connectivity index (χ0n) is 17.1. The van der Waals surface area contributed by atoms with Crippen molar-refractivity contribution in [3.63, 3.8) is 0 Å². The highest BCUT2D eigenvalue weighted by molar-refractivity contribution is 7.89. The maximum atomic E-state index is 12.3. The van der Waals surface area contributed by atoms with Gasteiger partial charge in [0.25, 0.3) is 5.91 Å². The number of carbonyl (C=O) groups is 1. The third kappa shape index (κ3) is 6.51. The quantitative estimate of drug-likeness (QED) is 0.534. The number of benzene rings is 2. The summed E-state index contributed by atoms with van der Waals surface area (Å²) in [5, 5.41) is 2.83. The second-order valence-electron chi connectivity index (χ2n) is 6.21. The Hall–Kier alpha value is -3.02. The summed E-state index contributed by atoms with van der Waals surface area (Å²) in [5.41, 5.74) is 1.37. The Kier molecular flexibility index (Phi) is 8.71. The van der Waals surface area contributed by atoms with Crippen molar-refractivity contribution in [3.8, 4) is 23.8 Å². The number of hydrogen-bond acceptors (Lipinski definition) is 5. The molecule has 1 amide bonds. The molecule has 0 aliphatic rings. The van der Waals surface area contributed by atoms with Gasteiger partial charge in [0.15, 0.2) is 11.5 Å². The van der Waals surface area contributed by atoms with E-state index in [0.29, 0.717) is 43.2 Å². The van der Waals surface area contributed by atoms with Crippen LogP contribution < -0.4 is 19.5 Å². The number of sulfonamides is 1. The maximum Gasteiger partial charge on any atom is 0.251 e. The van der Waals surface area contributed by atoms with E-state index in [9.17, 15) is 13.2 Å². The number of rotatable bonds is 11. The molecule has 0 bridgehead atoms. The van der Waals surface area contributed by atoms with Gasteiger partial charge in [0.05, 0.1) is 24.7 Å². The normalized spacial score (nSPS) is 10.8. The van der Waals surface area contributed by atoms with E-state index in [1.165, 1.54) is 24.3 Å². The van der Waals surface area contributed by atoms with Gasteiger partial charge < -0.3 is 14.8 Å². The van der Waals surface area contributed by atoms with Gasteiger partial charge >= 0.3 is 0 Å². The van der Waals surface area contributed by atoms with Crippen molar-refractivity contribution >= 4 is 15.9 Å². The lowest BCUT2D eigenvalue weighted by Crippen LogP contribution is -2.26. The summed E-state index contributed by atoms with van der Waals surface area (Å²) >= 11 is 0. The molecular weight excluding hydrogens is 404 g/mol. The molecule has 0 unspecified atom stereocenters. The molecule has 0 radical (unpaired) electrons. The molecule has 2 N–H and O–H groups in total. The molecule has 0 saturated heterocycles. The molecule has 0 aliphatic carbocycles. The average Bonchev–Trinajstić information content (AvgIpc) is 2.74. The van der Waals surface area contributed by atoms with Crippen LogP contribution in [-0.4, -0.2) is 40.6 Å². The van der Waals surface area contributed by atoms with Crippen LogP contribution in [0.15, 0.2) is 47.4 Å². The van der Waals surface area contributed by atoms with Crippen LogP contribution in [-0.2, 0) is 16.4 Å². The largest absolute Gasteiger partial charge is 0.490 e. The monoisotopic (exact) mass is 430 g/mol. The van der Waals surface area contributed by atoms with E-state index >= 15 is 0 Å². The second kappa shape index (κ2) is 11.2. The highest BCUT2D eigenvalue weighted by atomic mass is 32.2. The van der Waals surface area contributed by atoms with E-state index in [1.807, 2.05) is 32.0 Å². The van der Waals surface area contributed by atoms with E-state index in [0.717, 1.165) is 5.56 Å². The van der Waals surface area contributed by atoms with Crippen LogP contribution in [0.3, 0.4) is 0 Å². The van der Waals surface area contributed by atoms with Crippen LogP contribution in [0.1, 0.15) is 29.8 Å². The molecule has 0 saturated carbocycles. The first-order chi connectivity index (χ1) is 14.4. The smallest absolute Gasteiger partial charge is 0.251 e. The Morgan fingerprint density at radius 2 is 1.70 bits per heavy atom. The van der Waals surface area contributed by atoms with Crippen molar-refractivity contribution in [2.75, 3.05) is 26.3 Å². The van der Waals surface area contributed by atoms with Gasteiger partial charge in [-0.25, -0.2) is 8.42 Å². The van der Waals surface area contributed by atoms with Crippen LogP contribution >= 0.6 is 0 Å². The lowest BCUT2D eigenvalue weighted by molar-refractivity contribution is 0.0954. The fourth-order valence-electron chi connectivity index (χ4n) is 2.68. The van der Waals surface area contributed by atoms with E-state index < -0.39 is 10.0 Å². The Labute approximate surface area is 177 Å². The Morgan fingerprint density at radius 1 is 1.03 bits per heavy atom. The van der Waals surface area contributed by atoms with Gasteiger partial charge in [-0.15, -0.1) is 6.42 Å². The third-order valence-electron chi connectivity index (χ3n) is 4.10. The summed E-state index contributed by atoms with van der Waals surface area (Å²) in [5.74, 6) is 3.30. The van der Waals surface area contributed by atoms with Gasteiger partial charge in [0.1, 0.15) is 0 Å². The van der Waals surface area contributed by atoms with Crippen LogP contribution in [0.4, 0.5) is 0 Å². The number of nitrogens with one attached hydrogen (secondary N) is 2. The van der Waals surface area contributed by atoms with E-state index in [1.54, 1.807) is 0 Å². The molecule has 2 aromatic carbocycles.